The van der Waals surface area contributed by atoms with E-state index in [1.165, 1.54) is 11.1 Å². The van der Waals surface area contributed by atoms with E-state index in [2.05, 4.69) is 52.2 Å². The number of nitrogens with one attached hydrogen (secondary N) is 1. The summed E-state index contributed by atoms with van der Waals surface area (Å²) in [6.07, 6.45) is 2.28. The Hall–Kier alpha value is -1.03. The van der Waals surface area contributed by atoms with Crippen LogP contribution in [-0.4, -0.2) is 12.5 Å². The van der Waals surface area contributed by atoms with Gasteiger partial charge >= 0.3 is 0 Å². The lowest BCUT2D eigenvalue weighted by Gasteiger charge is -2.06. The van der Waals surface area contributed by atoms with Gasteiger partial charge < -0.3 is 11.1 Å². The molecular formula is C13H20BrN3. The lowest BCUT2D eigenvalue weighted by atomic mass is 10.1. The van der Waals surface area contributed by atoms with E-state index in [-0.39, 0.29) is 0 Å². The van der Waals surface area contributed by atoms with Crippen molar-refractivity contribution in [2.75, 3.05) is 6.54 Å². The molecule has 0 radical (unpaired) electrons. The van der Waals surface area contributed by atoms with Gasteiger partial charge in [0.05, 0.1) is 6.54 Å². The molecule has 3 nitrogen and oxygen atoms in total. The summed E-state index contributed by atoms with van der Waals surface area (Å²) in [4.78, 5) is 4.32. The third kappa shape index (κ3) is 5.22. The van der Waals surface area contributed by atoms with Crippen LogP contribution < -0.4 is 11.1 Å². The van der Waals surface area contributed by atoms with Gasteiger partial charge in [-0.2, -0.15) is 0 Å². The van der Waals surface area contributed by atoms with Gasteiger partial charge in [0, 0.05) is 11.0 Å². The summed E-state index contributed by atoms with van der Waals surface area (Å²) in [5.74, 6) is 0.528. The SMILES string of the molecule is CCCCNC(N)=NCc1ccc(Br)cc1C. The molecule has 0 unspecified atom stereocenters. The van der Waals surface area contributed by atoms with Crippen molar-refractivity contribution >= 4 is 21.9 Å². The normalized spacial score (nSPS) is 11.6. The first-order valence-corrected chi connectivity index (χ1v) is 6.71. The fourth-order valence-corrected chi connectivity index (χ4v) is 1.93. The molecule has 0 aromatic heterocycles. The predicted octanol–water partition coefficient (Wildman–Crippen LogP) is 2.96. The smallest absolute Gasteiger partial charge is 0.188 e. The van der Waals surface area contributed by atoms with Gasteiger partial charge in [-0.15, -0.1) is 0 Å². The molecule has 3 N–H and O–H groups in total. The number of guanidine groups is 1. The zero-order valence-corrected chi connectivity index (χ0v) is 12.0. The van der Waals surface area contributed by atoms with Crippen LogP contribution in [0.1, 0.15) is 30.9 Å². The highest BCUT2D eigenvalue weighted by Gasteiger charge is 1.98. The number of benzene rings is 1. The maximum atomic E-state index is 5.77. The standard InChI is InChI=1S/C13H20BrN3/c1-3-4-7-16-13(15)17-9-11-5-6-12(14)8-10(11)2/h5-6,8H,3-4,7,9H2,1-2H3,(H3,15,16,17). The Kier molecular flexibility index (Phi) is 6.05. The van der Waals surface area contributed by atoms with Crippen molar-refractivity contribution in [1.82, 2.24) is 5.32 Å². The summed E-state index contributed by atoms with van der Waals surface area (Å²) in [6, 6.07) is 6.19. The summed E-state index contributed by atoms with van der Waals surface area (Å²) in [7, 11) is 0. The quantitative estimate of drug-likeness (QED) is 0.499. The van der Waals surface area contributed by atoms with Gasteiger partial charge in [-0.05, 0) is 36.6 Å². The summed E-state index contributed by atoms with van der Waals surface area (Å²) < 4.78 is 1.09. The molecule has 0 spiro atoms. The van der Waals surface area contributed by atoms with Gasteiger partial charge in [0.25, 0.3) is 0 Å². The number of aryl methyl sites for hydroxylation is 1. The number of hydrogen-bond acceptors (Lipinski definition) is 1. The Morgan fingerprint density at radius 1 is 1.47 bits per heavy atom. The topological polar surface area (TPSA) is 50.4 Å². The van der Waals surface area contributed by atoms with Gasteiger partial charge in [0.2, 0.25) is 0 Å². The van der Waals surface area contributed by atoms with Crippen molar-refractivity contribution in [1.29, 1.82) is 0 Å². The molecule has 0 aliphatic rings. The van der Waals surface area contributed by atoms with Gasteiger partial charge in [-0.1, -0.05) is 35.3 Å². The third-order valence-corrected chi connectivity index (χ3v) is 3.05. The van der Waals surface area contributed by atoms with Crippen LogP contribution in [0.15, 0.2) is 27.7 Å². The Balaban J connectivity index is 2.50. The van der Waals surface area contributed by atoms with Gasteiger partial charge in [0.15, 0.2) is 5.96 Å². The minimum Gasteiger partial charge on any atom is -0.370 e. The highest BCUT2D eigenvalue weighted by molar-refractivity contribution is 9.10. The second-order valence-corrected chi connectivity index (χ2v) is 4.97. The van der Waals surface area contributed by atoms with Crippen molar-refractivity contribution in [3.05, 3.63) is 33.8 Å². The van der Waals surface area contributed by atoms with E-state index in [1.54, 1.807) is 0 Å². The maximum absolute atomic E-state index is 5.77. The summed E-state index contributed by atoms with van der Waals surface area (Å²) in [5.41, 5.74) is 8.20. The Morgan fingerprint density at radius 2 is 2.24 bits per heavy atom. The Bertz CT molecular complexity index is 388. The molecule has 1 aromatic rings. The number of aliphatic imine (C=N–C) groups is 1. The zero-order valence-electron chi connectivity index (χ0n) is 10.5. The molecule has 0 amide bonds. The van der Waals surface area contributed by atoms with E-state index in [4.69, 9.17) is 5.73 Å². The molecule has 1 aromatic carbocycles. The monoisotopic (exact) mass is 297 g/mol. The van der Waals surface area contributed by atoms with Crippen LogP contribution in [0.4, 0.5) is 0 Å². The van der Waals surface area contributed by atoms with Crippen molar-refractivity contribution < 1.29 is 0 Å². The first-order valence-electron chi connectivity index (χ1n) is 5.92. The van der Waals surface area contributed by atoms with E-state index in [1.807, 2.05) is 6.07 Å². The molecule has 1 rings (SSSR count). The number of nitrogens with two attached hydrogens (primary N) is 1. The molecule has 0 aliphatic heterocycles. The minimum absolute atomic E-state index is 0.528. The first-order chi connectivity index (χ1) is 8.13. The van der Waals surface area contributed by atoms with Gasteiger partial charge in [-0.25, -0.2) is 4.99 Å². The van der Waals surface area contributed by atoms with Crippen molar-refractivity contribution in [2.24, 2.45) is 10.7 Å². The van der Waals surface area contributed by atoms with Crippen LogP contribution in [0.5, 0.6) is 0 Å². The van der Waals surface area contributed by atoms with Crippen molar-refractivity contribution in [3.8, 4) is 0 Å². The van der Waals surface area contributed by atoms with Crippen LogP contribution >= 0.6 is 15.9 Å². The predicted molar refractivity (Wildman–Crippen MR) is 77.1 cm³/mol. The highest BCUT2D eigenvalue weighted by Crippen LogP contribution is 2.16. The molecule has 0 saturated heterocycles. The van der Waals surface area contributed by atoms with Crippen LogP contribution in [0.3, 0.4) is 0 Å². The minimum atomic E-state index is 0.528. The molecular weight excluding hydrogens is 278 g/mol. The van der Waals surface area contributed by atoms with Gasteiger partial charge in [-0.3, -0.25) is 0 Å². The number of unbranched alkanes of at least 4 members (excludes halogenated alkanes) is 1. The van der Waals surface area contributed by atoms with Crippen LogP contribution in [0.2, 0.25) is 0 Å². The molecule has 0 heterocycles. The van der Waals surface area contributed by atoms with Crippen LogP contribution in [0, 0.1) is 6.92 Å². The summed E-state index contributed by atoms with van der Waals surface area (Å²) >= 11 is 3.45. The van der Waals surface area contributed by atoms with E-state index >= 15 is 0 Å². The first kappa shape index (κ1) is 14.0. The van der Waals surface area contributed by atoms with Crippen molar-refractivity contribution in [3.63, 3.8) is 0 Å². The highest BCUT2D eigenvalue weighted by atomic mass is 79.9. The Morgan fingerprint density at radius 3 is 2.88 bits per heavy atom. The lowest BCUT2D eigenvalue weighted by Crippen LogP contribution is -2.32. The molecule has 0 saturated carbocycles. The molecule has 94 valence electrons. The van der Waals surface area contributed by atoms with E-state index < -0.39 is 0 Å². The Labute approximate surface area is 112 Å². The number of hydrogen-bond donors (Lipinski definition) is 2. The van der Waals surface area contributed by atoms with E-state index in [9.17, 15) is 0 Å². The second-order valence-electron chi connectivity index (χ2n) is 4.05. The number of nitrogens with zero attached hydrogens (tertiary/aromatic N) is 1. The van der Waals surface area contributed by atoms with Crippen LogP contribution in [0.25, 0.3) is 0 Å². The molecule has 0 atom stereocenters. The van der Waals surface area contributed by atoms with E-state index in [0.717, 1.165) is 23.9 Å². The van der Waals surface area contributed by atoms with E-state index in [0.29, 0.717) is 12.5 Å². The average Bonchev–Trinajstić information content (AvgIpc) is 2.28. The second kappa shape index (κ2) is 7.33. The maximum Gasteiger partial charge on any atom is 0.188 e. The molecule has 17 heavy (non-hydrogen) atoms. The lowest BCUT2D eigenvalue weighted by molar-refractivity contribution is 0.748. The van der Waals surface area contributed by atoms with Crippen molar-refractivity contribution in [2.45, 2.75) is 33.2 Å². The number of halogens is 1. The fraction of sp³-hybridized carbons (Fsp3) is 0.462. The number of rotatable bonds is 5. The average molecular weight is 298 g/mol. The van der Waals surface area contributed by atoms with Crippen LogP contribution in [-0.2, 0) is 6.54 Å². The third-order valence-electron chi connectivity index (χ3n) is 2.56. The fourth-order valence-electron chi connectivity index (χ4n) is 1.46. The van der Waals surface area contributed by atoms with Gasteiger partial charge in [0.1, 0.15) is 0 Å². The molecule has 0 aliphatic carbocycles. The largest absolute Gasteiger partial charge is 0.370 e. The summed E-state index contributed by atoms with van der Waals surface area (Å²) in [6.45, 7) is 5.76. The summed E-state index contributed by atoms with van der Waals surface area (Å²) in [5, 5.41) is 3.10. The molecule has 4 heteroatoms. The zero-order chi connectivity index (χ0) is 12.7. The molecule has 0 bridgehead atoms. The molecule has 0 fully saturated rings.